The molecule has 8 atom stereocenters. The zero-order chi connectivity index (χ0) is 20.8. The van der Waals surface area contributed by atoms with Crippen LogP contribution in [0.4, 0.5) is 0 Å². The molecule has 2 saturated carbocycles. The van der Waals surface area contributed by atoms with Crippen molar-refractivity contribution < 1.29 is 0 Å². The van der Waals surface area contributed by atoms with Crippen molar-refractivity contribution in [2.45, 2.75) is 106 Å². The highest BCUT2D eigenvalue weighted by Crippen LogP contribution is 2.67. The van der Waals surface area contributed by atoms with Gasteiger partial charge in [-0.05, 0) is 104 Å². The van der Waals surface area contributed by atoms with Crippen LogP contribution in [0.5, 0.6) is 0 Å². The van der Waals surface area contributed by atoms with Crippen molar-refractivity contribution in [2.75, 3.05) is 0 Å². The number of hydrogen-bond donors (Lipinski definition) is 0. The summed E-state index contributed by atoms with van der Waals surface area (Å²) in [5, 5.41) is 0. The Bertz CT molecular complexity index is 638. The number of rotatable bonds is 6. The Morgan fingerprint density at radius 1 is 1.00 bits per heavy atom. The van der Waals surface area contributed by atoms with Crippen LogP contribution in [0.1, 0.15) is 106 Å². The Morgan fingerprint density at radius 2 is 1.79 bits per heavy atom. The normalized spacial score (nSPS) is 43.3. The van der Waals surface area contributed by atoms with E-state index in [0.717, 1.165) is 41.4 Å². The average Bonchev–Trinajstić information content (AvgIpc) is 3.05. The second kappa shape index (κ2) is 8.20. The minimum absolute atomic E-state index is 0.480. The Hall–Kier alpha value is -0.520. The van der Waals surface area contributed by atoms with Gasteiger partial charge in [-0.2, -0.15) is 0 Å². The maximum atomic E-state index is 2.73. The van der Waals surface area contributed by atoms with Crippen LogP contribution in [0.15, 0.2) is 23.8 Å². The van der Waals surface area contributed by atoms with Gasteiger partial charge in [-0.25, -0.2) is 0 Å². The molecule has 29 heavy (non-hydrogen) atoms. The number of hydrogen-bond acceptors (Lipinski definition) is 0. The summed E-state index contributed by atoms with van der Waals surface area (Å²) in [6, 6.07) is 0. The van der Waals surface area contributed by atoms with Crippen LogP contribution in [-0.4, -0.2) is 0 Å². The fourth-order valence-electron chi connectivity index (χ4n) is 8.96. The molecule has 4 aliphatic rings. The lowest BCUT2D eigenvalue weighted by Gasteiger charge is -2.57. The first-order valence-electron chi connectivity index (χ1n) is 13.2. The Kier molecular flexibility index (Phi) is 6.14. The second-order valence-electron chi connectivity index (χ2n) is 12.3. The molecule has 0 aromatic heterocycles. The van der Waals surface area contributed by atoms with Crippen molar-refractivity contribution in [3.8, 4) is 0 Å². The first-order chi connectivity index (χ1) is 13.8. The largest absolute Gasteiger partial charge is 0.0873 e. The van der Waals surface area contributed by atoms with Crippen LogP contribution in [0.2, 0.25) is 0 Å². The third-order valence-corrected chi connectivity index (χ3v) is 10.9. The molecule has 0 heterocycles. The molecule has 0 aliphatic heterocycles. The molecule has 0 bridgehead atoms. The van der Waals surface area contributed by atoms with Crippen molar-refractivity contribution in [2.24, 2.45) is 52.3 Å². The van der Waals surface area contributed by atoms with Gasteiger partial charge in [0.2, 0.25) is 0 Å². The first kappa shape index (κ1) is 21.7. The monoisotopic (exact) mass is 396 g/mol. The molecular formula is C29H48. The quantitative estimate of drug-likeness (QED) is 0.393. The van der Waals surface area contributed by atoms with E-state index < -0.39 is 0 Å². The minimum atomic E-state index is 0.480. The fourth-order valence-corrected chi connectivity index (χ4v) is 8.96. The lowest BCUT2D eigenvalue weighted by atomic mass is 9.47. The Labute approximate surface area is 182 Å². The number of allylic oxidation sites excluding steroid dienone is 4. The molecule has 0 saturated heterocycles. The van der Waals surface area contributed by atoms with E-state index >= 15 is 0 Å². The van der Waals surface area contributed by atoms with Gasteiger partial charge in [-0.1, -0.05) is 78.2 Å². The second-order valence-corrected chi connectivity index (χ2v) is 12.3. The summed E-state index contributed by atoms with van der Waals surface area (Å²) in [7, 11) is 0. The lowest BCUT2D eigenvalue weighted by molar-refractivity contribution is -0.0445. The molecule has 164 valence electrons. The molecule has 0 aromatic carbocycles. The highest BCUT2D eigenvalue weighted by molar-refractivity contribution is 5.28. The molecule has 4 rings (SSSR count). The van der Waals surface area contributed by atoms with Crippen molar-refractivity contribution in [3.05, 3.63) is 23.8 Å². The molecule has 0 unspecified atom stereocenters. The maximum absolute atomic E-state index is 2.73. The maximum Gasteiger partial charge on any atom is -0.00478 e. The van der Waals surface area contributed by atoms with Gasteiger partial charge < -0.3 is 0 Å². The van der Waals surface area contributed by atoms with Gasteiger partial charge in [-0.15, -0.1) is 0 Å². The van der Waals surface area contributed by atoms with Gasteiger partial charge in [0.25, 0.3) is 0 Å². The predicted octanol–water partition coefficient (Wildman–Crippen LogP) is 8.83. The zero-order valence-electron chi connectivity index (χ0n) is 20.3. The summed E-state index contributed by atoms with van der Waals surface area (Å²) >= 11 is 0. The third kappa shape index (κ3) is 3.59. The van der Waals surface area contributed by atoms with Gasteiger partial charge >= 0.3 is 0 Å². The number of fused-ring (bicyclic) bond motifs is 5. The molecule has 4 aliphatic carbocycles. The molecule has 0 nitrogen and oxygen atoms in total. The lowest BCUT2D eigenvalue weighted by Crippen LogP contribution is -2.49. The van der Waals surface area contributed by atoms with E-state index in [1.165, 1.54) is 64.2 Å². The van der Waals surface area contributed by atoms with Crippen LogP contribution < -0.4 is 0 Å². The summed E-state index contributed by atoms with van der Waals surface area (Å²) in [4.78, 5) is 0. The van der Waals surface area contributed by atoms with E-state index in [4.69, 9.17) is 0 Å². The zero-order valence-corrected chi connectivity index (χ0v) is 20.3. The van der Waals surface area contributed by atoms with Crippen LogP contribution in [0, 0.1) is 52.3 Å². The van der Waals surface area contributed by atoms with Gasteiger partial charge in [-0.3, -0.25) is 0 Å². The topological polar surface area (TPSA) is 0 Å². The first-order valence-corrected chi connectivity index (χ1v) is 13.2. The van der Waals surface area contributed by atoms with Gasteiger partial charge in [0.05, 0.1) is 0 Å². The average molecular weight is 397 g/mol. The molecular weight excluding hydrogens is 348 g/mol. The van der Waals surface area contributed by atoms with Crippen molar-refractivity contribution in [1.29, 1.82) is 0 Å². The summed E-state index contributed by atoms with van der Waals surface area (Å²) in [5.74, 6) is 6.57. The smallest absolute Gasteiger partial charge is 0.00478 e. The van der Waals surface area contributed by atoms with Gasteiger partial charge in [0.15, 0.2) is 0 Å². The molecule has 2 fully saturated rings. The van der Waals surface area contributed by atoms with E-state index in [0.29, 0.717) is 10.8 Å². The van der Waals surface area contributed by atoms with E-state index in [9.17, 15) is 0 Å². The highest BCUT2D eigenvalue weighted by atomic mass is 14.6. The summed E-state index contributed by atoms with van der Waals surface area (Å²) in [5.41, 5.74) is 2.88. The van der Waals surface area contributed by atoms with Crippen LogP contribution in [0.3, 0.4) is 0 Å². The molecule has 0 N–H and O–H groups in total. The van der Waals surface area contributed by atoms with E-state index in [-0.39, 0.29) is 0 Å². The summed E-state index contributed by atoms with van der Waals surface area (Å²) in [6.07, 6.45) is 21.8. The molecule has 0 radical (unpaired) electrons. The molecule has 0 spiro atoms. The highest BCUT2D eigenvalue weighted by Gasteiger charge is 2.58. The fraction of sp³-hybridized carbons (Fsp3) is 0.862. The van der Waals surface area contributed by atoms with Crippen LogP contribution in [-0.2, 0) is 0 Å². The minimum Gasteiger partial charge on any atom is -0.0873 e. The third-order valence-electron chi connectivity index (χ3n) is 10.9. The van der Waals surface area contributed by atoms with E-state index in [1.54, 1.807) is 5.57 Å². The Balaban J connectivity index is 1.47. The summed E-state index contributed by atoms with van der Waals surface area (Å²) in [6.45, 7) is 15.2. The van der Waals surface area contributed by atoms with E-state index in [2.05, 4.69) is 59.8 Å². The van der Waals surface area contributed by atoms with Crippen molar-refractivity contribution >= 4 is 0 Å². The van der Waals surface area contributed by atoms with Crippen LogP contribution >= 0.6 is 0 Å². The van der Waals surface area contributed by atoms with Gasteiger partial charge in [0.1, 0.15) is 0 Å². The molecule has 0 heteroatoms. The van der Waals surface area contributed by atoms with Crippen molar-refractivity contribution in [1.82, 2.24) is 0 Å². The molecule has 0 amide bonds. The predicted molar refractivity (Wildman–Crippen MR) is 127 cm³/mol. The standard InChI is InChI=1S/C29H48/c1-7-22(20(2)3)12-11-21(4)25-15-16-26-24-14-13-23-10-8-9-18-28(23,5)27(24)17-19-29(25,26)6/h8-9,13,20-22,24-27H,7,10-12,14-19H2,1-6H3/t21-,22-,24+,25-,26+,27+,28+,29-/m1/s1. The molecule has 0 aromatic rings. The SMILES string of the molecule is CC[C@H](CC[C@@H](C)[C@H]1CC[C@H]2[C@@H]3CC=C4CC=CC[C@]4(C)[C@H]3CC[C@]12C)C(C)C. The Morgan fingerprint density at radius 3 is 2.52 bits per heavy atom. The van der Waals surface area contributed by atoms with Crippen molar-refractivity contribution in [3.63, 3.8) is 0 Å². The summed E-state index contributed by atoms with van der Waals surface area (Å²) < 4.78 is 0. The van der Waals surface area contributed by atoms with E-state index in [1.807, 2.05) is 0 Å². The van der Waals surface area contributed by atoms with Gasteiger partial charge in [0, 0.05) is 0 Å². The van der Waals surface area contributed by atoms with Crippen LogP contribution in [0.25, 0.3) is 0 Å².